The van der Waals surface area contributed by atoms with Gasteiger partial charge in [0.05, 0.1) is 0 Å². The minimum atomic E-state index is 0.796. The fourth-order valence-corrected chi connectivity index (χ4v) is 2.93. The summed E-state index contributed by atoms with van der Waals surface area (Å²) in [5.41, 5.74) is 0. The van der Waals surface area contributed by atoms with Crippen LogP contribution in [0.25, 0.3) is 0 Å². The summed E-state index contributed by atoms with van der Waals surface area (Å²) in [5, 5.41) is 3.51. The summed E-state index contributed by atoms with van der Waals surface area (Å²) in [4.78, 5) is 5.25. The van der Waals surface area contributed by atoms with E-state index in [2.05, 4.69) is 15.1 Å². The van der Waals surface area contributed by atoms with Crippen molar-refractivity contribution in [1.29, 1.82) is 0 Å². The number of piperidine rings is 1. The Hall–Kier alpha value is -0.160. The van der Waals surface area contributed by atoms with Crippen molar-refractivity contribution in [2.45, 2.75) is 25.3 Å². The van der Waals surface area contributed by atoms with Gasteiger partial charge in [0.15, 0.2) is 0 Å². The van der Waals surface area contributed by atoms with Gasteiger partial charge < -0.3 is 15.0 Å². The Labute approximate surface area is 105 Å². The normalized spacial score (nSPS) is 28.4. The second-order valence-electron chi connectivity index (χ2n) is 5.22. The highest BCUT2D eigenvalue weighted by Gasteiger charge is 2.24. The first-order chi connectivity index (χ1) is 8.40. The van der Waals surface area contributed by atoms with E-state index in [4.69, 9.17) is 4.74 Å². The largest absolute Gasteiger partial charge is 0.385 e. The molecule has 2 aliphatic rings. The van der Waals surface area contributed by atoms with E-state index in [-0.39, 0.29) is 0 Å². The molecule has 2 fully saturated rings. The molecule has 100 valence electrons. The maximum Gasteiger partial charge on any atom is 0.0474 e. The smallest absolute Gasteiger partial charge is 0.0474 e. The van der Waals surface area contributed by atoms with Crippen LogP contribution in [0.4, 0.5) is 0 Å². The van der Waals surface area contributed by atoms with Gasteiger partial charge in [-0.25, -0.2) is 0 Å². The molecule has 0 bridgehead atoms. The van der Waals surface area contributed by atoms with Crippen molar-refractivity contribution in [3.63, 3.8) is 0 Å². The van der Waals surface area contributed by atoms with E-state index in [1.807, 2.05) is 0 Å². The maximum absolute atomic E-state index is 5.10. The van der Waals surface area contributed by atoms with E-state index >= 15 is 0 Å². The third kappa shape index (κ3) is 4.21. The lowest BCUT2D eigenvalue weighted by Gasteiger charge is -2.40. The molecule has 0 spiro atoms. The molecule has 0 saturated carbocycles. The molecule has 1 atom stereocenters. The minimum Gasteiger partial charge on any atom is -0.385 e. The lowest BCUT2D eigenvalue weighted by molar-refractivity contribution is 0.0782. The van der Waals surface area contributed by atoms with Crippen LogP contribution in [0.15, 0.2) is 0 Å². The Morgan fingerprint density at radius 2 is 2.06 bits per heavy atom. The van der Waals surface area contributed by atoms with Crippen LogP contribution < -0.4 is 5.32 Å². The Bertz CT molecular complexity index is 199. The summed E-state index contributed by atoms with van der Waals surface area (Å²) in [5.74, 6) is 0. The standard InChI is InChI=1S/C13H27N3O/c1-17-11-3-6-15-7-9-16(10-8-15)13-4-2-5-14-12-13/h13-14H,2-12H2,1H3. The van der Waals surface area contributed by atoms with Crippen LogP contribution in [0.2, 0.25) is 0 Å². The van der Waals surface area contributed by atoms with Crippen LogP contribution in [-0.4, -0.2) is 75.4 Å². The zero-order valence-electron chi connectivity index (χ0n) is 11.2. The van der Waals surface area contributed by atoms with Gasteiger partial charge in [0.1, 0.15) is 0 Å². The van der Waals surface area contributed by atoms with Gasteiger partial charge in [-0.1, -0.05) is 0 Å². The van der Waals surface area contributed by atoms with Gasteiger partial charge in [-0.3, -0.25) is 4.90 Å². The zero-order chi connectivity index (χ0) is 11.9. The molecule has 4 heteroatoms. The molecule has 4 nitrogen and oxygen atoms in total. The number of nitrogens with one attached hydrogen (secondary N) is 1. The molecular formula is C13H27N3O. The number of nitrogens with zero attached hydrogens (tertiary/aromatic N) is 2. The van der Waals surface area contributed by atoms with Crippen LogP contribution in [0.3, 0.4) is 0 Å². The van der Waals surface area contributed by atoms with Gasteiger partial charge >= 0.3 is 0 Å². The summed E-state index contributed by atoms with van der Waals surface area (Å²) in [6.45, 7) is 9.48. The summed E-state index contributed by atoms with van der Waals surface area (Å²) in [6, 6.07) is 0.796. The molecule has 0 aromatic rings. The topological polar surface area (TPSA) is 27.7 Å². The summed E-state index contributed by atoms with van der Waals surface area (Å²) < 4.78 is 5.10. The van der Waals surface area contributed by atoms with Gasteiger partial charge in [-0.2, -0.15) is 0 Å². The second kappa shape index (κ2) is 7.31. The first kappa shape index (κ1) is 13.3. The third-order valence-corrected chi connectivity index (χ3v) is 4.02. The number of ether oxygens (including phenoxy) is 1. The van der Waals surface area contributed by atoms with Gasteiger partial charge in [-0.15, -0.1) is 0 Å². The van der Waals surface area contributed by atoms with E-state index in [1.165, 1.54) is 65.1 Å². The number of piperazine rings is 1. The van der Waals surface area contributed by atoms with Gasteiger partial charge in [0.25, 0.3) is 0 Å². The average Bonchev–Trinajstić information content (AvgIpc) is 2.41. The molecule has 2 heterocycles. The minimum absolute atomic E-state index is 0.796. The van der Waals surface area contributed by atoms with E-state index in [1.54, 1.807) is 7.11 Å². The Kier molecular flexibility index (Phi) is 5.71. The molecule has 2 saturated heterocycles. The summed E-state index contributed by atoms with van der Waals surface area (Å²) in [6.07, 6.45) is 3.90. The number of methoxy groups -OCH3 is 1. The molecule has 0 radical (unpaired) electrons. The zero-order valence-corrected chi connectivity index (χ0v) is 11.2. The molecule has 0 aromatic carbocycles. The molecular weight excluding hydrogens is 214 g/mol. The number of rotatable bonds is 5. The molecule has 1 unspecified atom stereocenters. The van der Waals surface area contributed by atoms with Crippen molar-refractivity contribution >= 4 is 0 Å². The quantitative estimate of drug-likeness (QED) is 0.705. The summed E-state index contributed by atoms with van der Waals surface area (Å²) in [7, 11) is 1.79. The highest BCUT2D eigenvalue weighted by atomic mass is 16.5. The molecule has 0 aliphatic carbocycles. The predicted molar refractivity (Wildman–Crippen MR) is 70.4 cm³/mol. The average molecular weight is 241 g/mol. The monoisotopic (exact) mass is 241 g/mol. The van der Waals surface area contributed by atoms with Crippen molar-refractivity contribution in [3.05, 3.63) is 0 Å². The van der Waals surface area contributed by atoms with Crippen LogP contribution in [0.1, 0.15) is 19.3 Å². The Balaban J connectivity index is 1.63. The molecule has 0 aromatic heterocycles. The molecule has 2 aliphatic heterocycles. The second-order valence-corrected chi connectivity index (χ2v) is 5.22. The first-order valence-electron chi connectivity index (χ1n) is 7.06. The van der Waals surface area contributed by atoms with E-state index in [0.29, 0.717) is 0 Å². The van der Waals surface area contributed by atoms with Crippen LogP contribution >= 0.6 is 0 Å². The van der Waals surface area contributed by atoms with Gasteiger partial charge in [0, 0.05) is 59.0 Å². The highest BCUT2D eigenvalue weighted by molar-refractivity contribution is 4.82. The fourth-order valence-electron chi connectivity index (χ4n) is 2.93. The number of hydrogen-bond donors (Lipinski definition) is 1. The highest BCUT2D eigenvalue weighted by Crippen LogP contribution is 2.13. The molecule has 2 rings (SSSR count). The van der Waals surface area contributed by atoms with Gasteiger partial charge in [-0.05, 0) is 25.8 Å². The van der Waals surface area contributed by atoms with Crippen LogP contribution in [-0.2, 0) is 4.74 Å². The van der Waals surface area contributed by atoms with Crippen molar-refractivity contribution in [2.75, 3.05) is 59.5 Å². The SMILES string of the molecule is COCCCN1CCN(C2CCCNC2)CC1. The number of hydrogen-bond acceptors (Lipinski definition) is 4. The van der Waals surface area contributed by atoms with E-state index in [9.17, 15) is 0 Å². The predicted octanol–water partition coefficient (Wildman–Crippen LogP) is 0.393. The van der Waals surface area contributed by atoms with Gasteiger partial charge in [0.2, 0.25) is 0 Å². The lowest BCUT2D eigenvalue weighted by Crippen LogP contribution is -2.54. The van der Waals surface area contributed by atoms with E-state index in [0.717, 1.165) is 12.6 Å². The third-order valence-electron chi connectivity index (χ3n) is 4.02. The van der Waals surface area contributed by atoms with Crippen molar-refractivity contribution < 1.29 is 4.74 Å². The van der Waals surface area contributed by atoms with Crippen LogP contribution in [0, 0.1) is 0 Å². The van der Waals surface area contributed by atoms with Crippen molar-refractivity contribution in [3.8, 4) is 0 Å². The van der Waals surface area contributed by atoms with Crippen molar-refractivity contribution in [1.82, 2.24) is 15.1 Å². The maximum atomic E-state index is 5.10. The summed E-state index contributed by atoms with van der Waals surface area (Å²) >= 11 is 0. The fraction of sp³-hybridized carbons (Fsp3) is 1.00. The molecule has 0 amide bonds. The Morgan fingerprint density at radius 3 is 2.71 bits per heavy atom. The lowest BCUT2D eigenvalue weighted by atomic mass is 10.1. The van der Waals surface area contributed by atoms with E-state index < -0.39 is 0 Å². The van der Waals surface area contributed by atoms with Crippen LogP contribution in [0.5, 0.6) is 0 Å². The molecule has 1 N–H and O–H groups in total. The van der Waals surface area contributed by atoms with Crippen molar-refractivity contribution in [2.24, 2.45) is 0 Å². The Morgan fingerprint density at radius 1 is 1.24 bits per heavy atom. The first-order valence-corrected chi connectivity index (χ1v) is 7.06. The molecule has 17 heavy (non-hydrogen) atoms.